The van der Waals surface area contributed by atoms with Gasteiger partial charge < -0.3 is 5.11 Å². The Bertz CT molecular complexity index is 313. The maximum absolute atomic E-state index is 12.0. The topological polar surface area (TPSA) is 37.3 Å². The van der Waals surface area contributed by atoms with E-state index in [0.29, 0.717) is 0 Å². The van der Waals surface area contributed by atoms with Gasteiger partial charge in [-0.15, -0.1) is 0 Å². The minimum absolute atomic E-state index is 0.159. The normalized spacial score (nSPS) is 11.3. The second kappa shape index (κ2) is 3.08. The lowest BCUT2D eigenvalue weighted by atomic mass is 10.8. The maximum Gasteiger partial charge on any atom is 0.416 e. The fourth-order valence-electron chi connectivity index (χ4n) is 0.802. The Morgan fingerprint density at radius 1 is 1.15 bits per heavy atom. The van der Waals surface area contributed by atoms with Crippen molar-refractivity contribution in [3.8, 4) is 0 Å². The molecule has 0 radical (unpaired) electrons. The van der Waals surface area contributed by atoms with Gasteiger partial charge in [-0.1, -0.05) is 0 Å². The zero-order valence-corrected chi connectivity index (χ0v) is 6.30. The highest BCUT2D eigenvalue weighted by molar-refractivity contribution is 5.87. The number of benzene rings is 1. The quantitative estimate of drug-likeness (QED) is 0.748. The molecule has 0 fully saturated rings. The SMILES string of the molecule is O=C(O)[13c]1[13cH][13cH][13c](C(F)(F)F)[13cH][13cH]1. The standard InChI is InChI=1S/C8H5F3O2/c9-8(10,11)6-3-1-5(2-4-6)7(12)13/h1-4H,(H,12,13)/i1+1,2+1,3+1,4+1,5+1,6+1. The first-order chi connectivity index (χ1) is 5.91. The molecule has 0 spiro atoms. The van der Waals surface area contributed by atoms with Crippen molar-refractivity contribution < 1.29 is 23.1 Å². The molecule has 0 saturated carbocycles. The Balaban J connectivity index is 3.01. The van der Waals surface area contributed by atoms with Crippen LogP contribution in [0.1, 0.15) is 15.9 Å². The predicted octanol–water partition coefficient (Wildman–Crippen LogP) is 2.40. The van der Waals surface area contributed by atoms with Crippen molar-refractivity contribution in [3.05, 3.63) is 35.4 Å². The fourth-order valence-corrected chi connectivity index (χ4v) is 0.802. The molecule has 70 valence electrons. The van der Waals surface area contributed by atoms with E-state index < -0.39 is 17.7 Å². The Morgan fingerprint density at radius 2 is 1.62 bits per heavy atom. The summed E-state index contributed by atoms with van der Waals surface area (Å²) < 4.78 is 35.9. The number of carbonyl (C=O) groups is 1. The molecule has 0 bridgehead atoms. The Morgan fingerprint density at radius 3 is 1.92 bits per heavy atom. The molecule has 1 aromatic carbocycles. The van der Waals surface area contributed by atoms with Gasteiger partial charge in [-0.25, -0.2) is 4.79 Å². The van der Waals surface area contributed by atoms with Crippen LogP contribution in [-0.2, 0) is 6.18 Å². The molecule has 1 N–H and O–H groups in total. The summed E-state index contributed by atoms with van der Waals surface area (Å²) in [6.07, 6.45) is -4.42. The van der Waals surface area contributed by atoms with Crippen LogP contribution < -0.4 is 0 Å². The van der Waals surface area contributed by atoms with Gasteiger partial charge in [0.1, 0.15) is 0 Å². The largest absolute Gasteiger partial charge is 0.478 e. The molecule has 5 heteroatoms. The summed E-state index contributed by atoms with van der Waals surface area (Å²) in [6, 6.07) is 3.32. The van der Waals surface area contributed by atoms with Crippen molar-refractivity contribution in [2.75, 3.05) is 0 Å². The van der Waals surface area contributed by atoms with Crippen LogP contribution in [0.5, 0.6) is 0 Å². The highest BCUT2D eigenvalue weighted by atomic mass is 19.4. The molecule has 13 heavy (non-hydrogen) atoms. The monoisotopic (exact) mass is 196 g/mol. The van der Waals surface area contributed by atoms with Crippen LogP contribution in [-0.4, -0.2) is 11.1 Å². The minimum atomic E-state index is -4.42. The number of carboxylic acid groups (broad SMARTS) is 1. The lowest BCUT2D eigenvalue weighted by molar-refractivity contribution is -0.137. The molecule has 1 rings (SSSR count). The second-order valence-electron chi connectivity index (χ2n) is 2.38. The Labute approximate surface area is 71.6 Å². The number of hydrogen-bond donors (Lipinski definition) is 1. The van der Waals surface area contributed by atoms with Crippen LogP contribution in [0, 0.1) is 0 Å². The second-order valence-corrected chi connectivity index (χ2v) is 2.38. The van der Waals surface area contributed by atoms with Crippen LogP contribution in [0.25, 0.3) is 0 Å². The van der Waals surface area contributed by atoms with Crippen molar-refractivity contribution in [1.29, 1.82) is 0 Å². The predicted molar refractivity (Wildman–Crippen MR) is 38.4 cm³/mol. The third kappa shape index (κ3) is 2.21. The Kier molecular flexibility index (Phi) is 2.27. The van der Waals surface area contributed by atoms with Crippen molar-refractivity contribution in [2.24, 2.45) is 0 Å². The van der Waals surface area contributed by atoms with Crippen LogP contribution in [0.2, 0.25) is 0 Å². The zero-order chi connectivity index (χ0) is 10.1. The van der Waals surface area contributed by atoms with Crippen LogP contribution in [0.15, 0.2) is 24.3 Å². The highest BCUT2D eigenvalue weighted by Crippen LogP contribution is 2.28. The van der Waals surface area contributed by atoms with E-state index in [1.165, 1.54) is 0 Å². The number of halogens is 3. The number of aromatic carboxylic acids is 1. The molecule has 0 aliphatic heterocycles. The molecule has 2 nitrogen and oxygen atoms in total. The smallest absolute Gasteiger partial charge is 0.416 e. The lowest BCUT2D eigenvalue weighted by Gasteiger charge is -2.05. The van der Waals surface area contributed by atoms with Gasteiger partial charge in [0.15, 0.2) is 0 Å². The summed E-state index contributed by atoms with van der Waals surface area (Å²) in [5, 5.41) is 8.40. The van der Waals surface area contributed by atoms with Gasteiger partial charge in [0.25, 0.3) is 0 Å². The number of carboxylic acids is 1. The summed E-state index contributed by atoms with van der Waals surface area (Å²) in [4.78, 5) is 10.3. The van der Waals surface area contributed by atoms with Gasteiger partial charge in [0, 0.05) is 0 Å². The molecule has 0 atom stereocenters. The van der Waals surface area contributed by atoms with Gasteiger partial charge >= 0.3 is 12.1 Å². The van der Waals surface area contributed by atoms with E-state index in [-0.39, 0.29) is 5.56 Å². The summed E-state index contributed by atoms with van der Waals surface area (Å²) in [5.74, 6) is -1.24. The molecule has 0 amide bonds. The van der Waals surface area contributed by atoms with Gasteiger partial charge in [0.05, 0.1) is 11.1 Å². The maximum atomic E-state index is 12.0. The van der Waals surface area contributed by atoms with Crippen molar-refractivity contribution in [2.45, 2.75) is 6.18 Å². The Hall–Kier alpha value is -1.52. The third-order valence-corrected chi connectivity index (χ3v) is 1.46. The first kappa shape index (κ1) is 9.57. The molecule has 0 aromatic heterocycles. The number of hydrogen-bond acceptors (Lipinski definition) is 1. The zero-order valence-electron chi connectivity index (χ0n) is 6.30. The fraction of sp³-hybridized carbons (Fsp3) is 0.125. The van der Waals surface area contributed by atoms with Crippen LogP contribution in [0.3, 0.4) is 0 Å². The van der Waals surface area contributed by atoms with E-state index in [1.807, 2.05) is 0 Å². The van der Waals surface area contributed by atoms with Gasteiger partial charge in [0.2, 0.25) is 0 Å². The van der Waals surface area contributed by atoms with Crippen LogP contribution in [0.4, 0.5) is 13.2 Å². The molecule has 0 saturated heterocycles. The molecule has 0 aliphatic carbocycles. The average Bonchev–Trinajstić information content (AvgIpc) is 2.03. The van der Waals surface area contributed by atoms with Crippen molar-refractivity contribution >= 4 is 5.97 Å². The van der Waals surface area contributed by atoms with E-state index in [4.69, 9.17) is 5.11 Å². The first-order valence-corrected chi connectivity index (χ1v) is 3.32. The van der Waals surface area contributed by atoms with Gasteiger partial charge in [-0.2, -0.15) is 13.2 Å². The van der Waals surface area contributed by atoms with Crippen molar-refractivity contribution in [3.63, 3.8) is 0 Å². The van der Waals surface area contributed by atoms with Crippen molar-refractivity contribution in [1.82, 2.24) is 0 Å². The highest BCUT2D eigenvalue weighted by Gasteiger charge is 2.30. The first-order valence-electron chi connectivity index (χ1n) is 3.32. The minimum Gasteiger partial charge on any atom is -0.478 e. The van der Waals surface area contributed by atoms with E-state index in [0.717, 1.165) is 24.3 Å². The number of alkyl halides is 3. The molecule has 1 aromatic rings. The third-order valence-electron chi connectivity index (χ3n) is 1.46. The number of rotatable bonds is 1. The van der Waals surface area contributed by atoms with Gasteiger partial charge in [-0.3, -0.25) is 0 Å². The van der Waals surface area contributed by atoms with Crippen LogP contribution >= 0.6 is 0 Å². The molecular formula is C8H5F3O2. The van der Waals surface area contributed by atoms with Gasteiger partial charge in [-0.05, 0) is 24.3 Å². The van der Waals surface area contributed by atoms with E-state index >= 15 is 0 Å². The molecular weight excluding hydrogens is 191 g/mol. The van der Waals surface area contributed by atoms with E-state index in [9.17, 15) is 18.0 Å². The lowest BCUT2D eigenvalue weighted by Crippen LogP contribution is -2.05. The average molecular weight is 196 g/mol. The summed E-state index contributed by atoms with van der Waals surface area (Å²) in [6.45, 7) is 0. The molecule has 0 unspecified atom stereocenters. The van der Waals surface area contributed by atoms with E-state index in [2.05, 4.69) is 0 Å². The summed E-state index contributed by atoms with van der Waals surface area (Å²) in [5.41, 5.74) is -1.01. The van der Waals surface area contributed by atoms with E-state index in [1.54, 1.807) is 0 Å². The summed E-state index contributed by atoms with van der Waals surface area (Å²) in [7, 11) is 0. The molecule has 0 heterocycles. The molecule has 0 aliphatic rings. The summed E-state index contributed by atoms with van der Waals surface area (Å²) >= 11 is 0.